The molecule has 1 aliphatic rings. The van der Waals surface area contributed by atoms with Gasteiger partial charge in [0.2, 0.25) is 10.0 Å². The van der Waals surface area contributed by atoms with E-state index in [1.165, 1.54) is 0 Å². The normalized spacial score (nSPS) is 15.1. The predicted molar refractivity (Wildman–Crippen MR) is 55.2 cm³/mol. The highest BCUT2D eigenvalue weighted by Gasteiger charge is 2.18. The van der Waals surface area contributed by atoms with Crippen LogP contribution in [0.3, 0.4) is 0 Å². The van der Waals surface area contributed by atoms with Gasteiger partial charge in [0.1, 0.15) is 0 Å². The molecule has 0 radical (unpaired) electrons. The Balaban J connectivity index is 2.71. The molecule has 1 aliphatic carbocycles. The Morgan fingerprint density at radius 3 is 2.71 bits per heavy atom. The van der Waals surface area contributed by atoms with Crippen LogP contribution in [0.25, 0.3) is 6.08 Å². The summed E-state index contributed by atoms with van der Waals surface area (Å²) in [5, 5.41) is 5.12. The molecule has 2 N–H and O–H groups in total. The van der Waals surface area contributed by atoms with E-state index in [0.29, 0.717) is 0 Å². The quantitative estimate of drug-likeness (QED) is 0.757. The maximum Gasteiger partial charge on any atom is 0.238 e. The minimum Gasteiger partial charge on any atom is -0.225 e. The maximum absolute atomic E-state index is 11.2. The zero-order chi connectivity index (χ0) is 10.3. The van der Waals surface area contributed by atoms with Crippen LogP contribution in [0, 0.1) is 0 Å². The summed E-state index contributed by atoms with van der Waals surface area (Å²) in [7, 11) is -3.60. The lowest BCUT2D eigenvalue weighted by Crippen LogP contribution is -2.13. The molecule has 0 amide bonds. The summed E-state index contributed by atoms with van der Waals surface area (Å²) < 4.78 is 22.5. The molecule has 1 aromatic carbocycles. The Bertz CT molecular complexity index is 515. The van der Waals surface area contributed by atoms with Gasteiger partial charge in [0.15, 0.2) is 0 Å². The number of fused-ring (bicyclic) bond motifs is 1. The lowest BCUT2D eigenvalue weighted by Gasteiger charge is -2.04. The van der Waals surface area contributed by atoms with Gasteiger partial charge in [-0.1, -0.05) is 23.8 Å². The second-order valence-corrected chi connectivity index (χ2v) is 5.07. The molecule has 0 atom stereocenters. The van der Waals surface area contributed by atoms with Crippen molar-refractivity contribution in [2.45, 2.75) is 18.2 Å². The highest BCUT2D eigenvalue weighted by molar-refractivity contribution is 7.89. The van der Waals surface area contributed by atoms with Crippen molar-refractivity contribution in [2.75, 3.05) is 0 Å². The fourth-order valence-electron chi connectivity index (χ4n) is 1.75. The van der Waals surface area contributed by atoms with Gasteiger partial charge in [0, 0.05) is 0 Å². The third-order valence-electron chi connectivity index (χ3n) is 2.32. The number of primary sulfonamides is 1. The molecule has 0 bridgehead atoms. The van der Waals surface area contributed by atoms with Crippen LogP contribution in [0.1, 0.15) is 18.1 Å². The number of sulfonamides is 1. The SMILES string of the molecule is CC1=Cc2c(cccc2S(N)(=O)=O)C1. The van der Waals surface area contributed by atoms with E-state index in [2.05, 4.69) is 0 Å². The van der Waals surface area contributed by atoms with E-state index in [-0.39, 0.29) is 4.90 Å². The summed E-state index contributed by atoms with van der Waals surface area (Å²) in [6.07, 6.45) is 2.70. The number of nitrogens with two attached hydrogens (primary N) is 1. The number of rotatable bonds is 1. The van der Waals surface area contributed by atoms with Crippen LogP contribution in [-0.4, -0.2) is 8.42 Å². The molecule has 14 heavy (non-hydrogen) atoms. The van der Waals surface area contributed by atoms with Crippen molar-refractivity contribution >= 4 is 16.1 Å². The first-order chi connectivity index (χ1) is 6.48. The number of hydrogen-bond acceptors (Lipinski definition) is 2. The second-order valence-electron chi connectivity index (χ2n) is 3.54. The highest BCUT2D eigenvalue weighted by Crippen LogP contribution is 2.29. The Labute approximate surface area is 83.3 Å². The number of benzene rings is 1. The molecule has 0 fully saturated rings. The molecule has 0 unspecified atom stereocenters. The molecule has 1 aromatic rings. The van der Waals surface area contributed by atoms with Gasteiger partial charge in [0.25, 0.3) is 0 Å². The zero-order valence-electron chi connectivity index (χ0n) is 7.82. The van der Waals surface area contributed by atoms with Crippen molar-refractivity contribution in [3.63, 3.8) is 0 Å². The summed E-state index contributed by atoms with van der Waals surface area (Å²) in [6, 6.07) is 5.20. The van der Waals surface area contributed by atoms with Crippen molar-refractivity contribution in [1.82, 2.24) is 0 Å². The van der Waals surface area contributed by atoms with Crippen LogP contribution in [0.15, 0.2) is 28.7 Å². The third kappa shape index (κ3) is 1.47. The van der Waals surface area contributed by atoms with Crippen LogP contribution in [0.4, 0.5) is 0 Å². The van der Waals surface area contributed by atoms with Crippen LogP contribution < -0.4 is 5.14 Å². The largest absolute Gasteiger partial charge is 0.238 e. The first kappa shape index (κ1) is 9.43. The molecule has 0 heterocycles. The lowest BCUT2D eigenvalue weighted by atomic mass is 10.1. The average molecular weight is 209 g/mol. The monoisotopic (exact) mass is 209 g/mol. The smallest absolute Gasteiger partial charge is 0.225 e. The Kier molecular flexibility index (Phi) is 1.97. The highest BCUT2D eigenvalue weighted by atomic mass is 32.2. The molecule has 3 nitrogen and oxygen atoms in total. The van der Waals surface area contributed by atoms with Crippen LogP contribution in [-0.2, 0) is 16.4 Å². The first-order valence-corrected chi connectivity index (χ1v) is 5.85. The first-order valence-electron chi connectivity index (χ1n) is 4.30. The standard InChI is InChI=1S/C10H11NO2S/c1-7-5-8-3-2-4-10(9(8)6-7)14(11,12)13/h2-4,6H,5H2,1H3,(H2,11,12,13). The van der Waals surface area contributed by atoms with Crippen LogP contribution >= 0.6 is 0 Å². The second kappa shape index (κ2) is 2.93. The van der Waals surface area contributed by atoms with Gasteiger partial charge in [-0.3, -0.25) is 0 Å². The predicted octanol–water partition coefficient (Wildman–Crippen LogP) is 1.29. The molecule has 0 saturated heterocycles. The number of allylic oxidation sites excluding steroid dienone is 1. The summed E-state index contributed by atoms with van der Waals surface area (Å²) in [6.45, 7) is 1.98. The van der Waals surface area contributed by atoms with E-state index in [4.69, 9.17) is 5.14 Å². The molecule has 4 heteroatoms. The Morgan fingerprint density at radius 2 is 2.07 bits per heavy atom. The van der Waals surface area contributed by atoms with Gasteiger partial charge in [-0.05, 0) is 30.5 Å². The summed E-state index contributed by atoms with van der Waals surface area (Å²) in [5.74, 6) is 0. The lowest BCUT2D eigenvalue weighted by molar-refractivity contribution is 0.597. The molecule has 0 spiro atoms. The van der Waals surface area contributed by atoms with Gasteiger partial charge in [-0.25, -0.2) is 13.6 Å². The molecule has 0 aliphatic heterocycles. The molecule has 0 saturated carbocycles. The number of hydrogen-bond donors (Lipinski definition) is 1. The van der Waals surface area contributed by atoms with Gasteiger partial charge < -0.3 is 0 Å². The zero-order valence-corrected chi connectivity index (χ0v) is 8.64. The summed E-state index contributed by atoms with van der Waals surface area (Å²) in [5.41, 5.74) is 2.96. The van der Waals surface area contributed by atoms with Crippen molar-refractivity contribution in [3.05, 3.63) is 34.9 Å². The molecule has 2 rings (SSSR count). The van der Waals surface area contributed by atoms with E-state index in [1.807, 2.05) is 19.1 Å². The van der Waals surface area contributed by atoms with Crippen molar-refractivity contribution in [1.29, 1.82) is 0 Å². The fraction of sp³-hybridized carbons (Fsp3) is 0.200. The average Bonchev–Trinajstić information content (AvgIpc) is 2.41. The topological polar surface area (TPSA) is 60.2 Å². The molecular weight excluding hydrogens is 198 g/mol. The molecule has 74 valence electrons. The fourth-order valence-corrected chi connectivity index (χ4v) is 2.52. The van der Waals surface area contributed by atoms with Crippen molar-refractivity contribution in [3.8, 4) is 0 Å². The van der Waals surface area contributed by atoms with E-state index >= 15 is 0 Å². The van der Waals surface area contributed by atoms with E-state index in [1.54, 1.807) is 12.1 Å². The maximum atomic E-state index is 11.2. The summed E-state index contributed by atoms with van der Waals surface area (Å²) >= 11 is 0. The molecule has 0 aromatic heterocycles. The van der Waals surface area contributed by atoms with Gasteiger partial charge in [-0.2, -0.15) is 0 Å². The van der Waals surface area contributed by atoms with E-state index in [0.717, 1.165) is 23.1 Å². The van der Waals surface area contributed by atoms with Crippen LogP contribution in [0.5, 0.6) is 0 Å². The van der Waals surface area contributed by atoms with E-state index < -0.39 is 10.0 Å². The Morgan fingerprint density at radius 1 is 1.36 bits per heavy atom. The molecular formula is C10H11NO2S. The van der Waals surface area contributed by atoms with Crippen molar-refractivity contribution < 1.29 is 8.42 Å². The minimum atomic E-state index is -3.60. The van der Waals surface area contributed by atoms with Gasteiger partial charge in [0.05, 0.1) is 4.90 Å². The van der Waals surface area contributed by atoms with E-state index in [9.17, 15) is 8.42 Å². The minimum absolute atomic E-state index is 0.229. The summed E-state index contributed by atoms with van der Waals surface area (Å²) in [4.78, 5) is 0.229. The van der Waals surface area contributed by atoms with Crippen molar-refractivity contribution in [2.24, 2.45) is 5.14 Å². The van der Waals surface area contributed by atoms with Gasteiger partial charge >= 0.3 is 0 Å². The third-order valence-corrected chi connectivity index (χ3v) is 3.29. The van der Waals surface area contributed by atoms with Gasteiger partial charge in [-0.15, -0.1) is 0 Å². The van der Waals surface area contributed by atoms with Crippen LogP contribution in [0.2, 0.25) is 0 Å². The Hall–Kier alpha value is -1.13.